The van der Waals surface area contributed by atoms with Crippen LogP contribution in [-0.2, 0) is 19.5 Å². The maximum Gasteiger partial charge on any atom is 0.345 e. The van der Waals surface area contributed by atoms with Gasteiger partial charge in [0.1, 0.15) is 11.6 Å². The van der Waals surface area contributed by atoms with Crippen molar-refractivity contribution in [3.05, 3.63) is 52.0 Å². The molecule has 5 nitrogen and oxygen atoms in total. The van der Waals surface area contributed by atoms with Gasteiger partial charge in [0.25, 0.3) is 0 Å². The number of fused-ring (bicyclic) bond motifs is 1. The fourth-order valence-corrected chi connectivity index (χ4v) is 2.84. The van der Waals surface area contributed by atoms with Gasteiger partial charge in [-0.2, -0.15) is 5.10 Å². The Kier molecular flexibility index (Phi) is 3.88. The standard InChI is InChI=1S/C15H19FN4O/c1-17-13(11-6-2-3-7-12(11)16)10-20-15(21)19-9-5-4-8-14(19)18-20/h2-3,6-7,13,17H,4-5,8-10H2,1H3. The number of hydrogen-bond donors (Lipinski definition) is 1. The van der Waals surface area contributed by atoms with Crippen molar-refractivity contribution in [2.45, 2.75) is 38.4 Å². The first-order chi connectivity index (χ1) is 10.2. The van der Waals surface area contributed by atoms with E-state index in [4.69, 9.17) is 0 Å². The molecule has 0 bridgehead atoms. The van der Waals surface area contributed by atoms with E-state index in [9.17, 15) is 9.18 Å². The topological polar surface area (TPSA) is 51.9 Å². The van der Waals surface area contributed by atoms with Crippen LogP contribution in [0, 0.1) is 5.82 Å². The van der Waals surface area contributed by atoms with Crippen LogP contribution in [0.2, 0.25) is 0 Å². The van der Waals surface area contributed by atoms with Gasteiger partial charge in [0, 0.05) is 18.5 Å². The quantitative estimate of drug-likeness (QED) is 0.928. The highest BCUT2D eigenvalue weighted by molar-refractivity contribution is 5.21. The van der Waals surface area contributed by atoms with Gasteiger partial charge in [0.2, 0.25) is 0 Å². The molecule has 0 saturated heterocycles. The first-order valence-corrected chi connectivity index (χ1v) is 7.29. The minimum atomic E-state index is -0.277. The Labute approximate surface area is 122 Å². The van der Waals surface area contributed by atoms with E-state index in [1.165, 1.54) is 10.7 Å². The summed E-state index contributed by atoms with van der Waals surface area (Å²) in [5.74, 6) is 0.573. The predicted molar refractivity (Wildman–Crippen MR) is 77.6 cm³/mol. The summed E-state index contributed by atoms with van der Waals surface area (Å²) in [6.45, 7) is 1.06. The van der Waals surface area contributed by atoms with Gasteiger partial charge >= 0.3 is 5.69 Å². The van der Waals surface area contributed by atoms with E-state index < -0.39 is 0 Å². The minimum absolute atomic E-state index is 0.0960. The van der Waals surface area contributed by atoms with Gasteiger partial charge in [0.15, 0.2) is 0 Å². The maximum absolute atomic E-state index is 13.9. The Hall–Kier alpha value is -1.95. The third-order valence-corrected chi connectivity index (χ3v) is 4.02. The summed E-state index contributed by atoms with van der Waals surface area (Å²) in [4.78, 5) is 12.3. The second-order valence-electron chi connectivity index (χ2n) is 5.35. The Morgan fingerprint density at radius 3 is 2.90 bits per heavy atom. The van der Waals surface area contributed by atoms with Crippen molar-refractivity contribution in [2.75, 3.05) is 7.05 Å². The molecule has 6 heteroatoms. The Bertz CT molecular complexity index is 691. The van der Waals surface area contributed by atoms with E-state index in [1.807, 2.05) is 0 Å². The smallest absolute Gasteiger partial charge is 0.311 e. The van der Waals surface area contributed by atoms with E-state index in [1.54, 1.807) is 29.8 Å². The lowest BCUT2D eigenvalue weighted by Gasteiger charge is -2.16. The SMILES string of the molecule is CNC(Cn1nc2n(c1=O)CCCC2)c1ccccc1F. The number of aryl methyl sites for hydroxylation is 1. The molecular formula is C15H19FN4O. The zero-order valence-corrected chi connectivity index (χ0v) is 12.1. The minimum Gasteiger partial charge on any atom is -0.311 e. The van der Waals surface area contributed by atoms with Crippen molar-refractivity contribution in [1.82, 2.24) is 19.7 Å². The van der Waals surface area contributed by atoms with Crippen molar-refractivity contribution in [1.29, 1.82) is 0 Å². The fourth-order valence-electron chi connectivity index (χ4n) is 2.84. The van der Waals surface area contributed by atoms with Crippen molar-refractivity contribution >= 4 is 0 Å². The lowest BCUT2D eigenvalue weighted by molar-refractivity contribution is 0.437. The van der Waals surface area contributed by atoms with Gasteiger partial charge in [0.05, 0.1) is 12.6 Å². The zero-order valence-electron chi connectivity index (χ0n) is 12.1. The van der Waals surface area contributed by atoms with Crippen LogP contribution in [0.1, 0.15) is 30.3 Å². The third kappa shape index (κ3) is 2.63. The number of nitrogens with zero attached hydrogens (tertiary/aromatic N) is 3. The van der Waals surface area contributed by atoms with Crippen molar-refractivity contribution < 1.29 is 4.39 Å². The zero-order chi connectivity index (χ0) is 14.8. The van der Waals surface area contributed by atoms with Crippen LogP contribution in [0.3, 0.4) is 0 Å². The van der Waals surface area contributed by atoms with Crippen LogP contribution in [-0.4, -0.2) is 21.4 Å². The number of aromatic nitrogens is 3. The number of likely N-dealkylation sites (N-methyl/N-ethyl adjacent to an activating group) is 1. The molecule has 2 heterocycles. The monoisotopic (exact) mass is 290 g/mol. The summed E-state index contributed by atoms with van der Waals surface area (Å²) in [5.41, 5.74) is 0.458. The molecule has 0 spiro atoms. The van der Waals surface area contributed by atoms with E-state index in [-0.39, 0.29) is 17.5 Å². The van der Waals surface area contributed by atoms with Crippen LogP contribution < -0.4 is 11.0 Å². The molecule has 1 aromatic heterocycles. The highest BCUT2D eigenvalue weighted by atomic mass is 19.1. The van der Waals surface area contributed by atoms with Gasteiger partial charge in [-0.25, -0.2) is 13.9 Å². The first kappa shape index (κ1) is 14.0. The van der Waals surface area contributed by atoms with Crippen molar-refractivity contribution in [3.8, 4) is 0 Å². The van der Waals surface area contributed by atoms with Gasteiger partial charge in [-0.05, 0) is 26.0 Å². The van der Waals surface area contributed by atoms with E-state index in [2.05, 4.69) is 10.4 Å². The number of benzene rings is 1. The molecule has 3 rings (SSSR count). The molecule has 1 aromatic carbocycles. The summed E-state index contributed by atoms with van der Waals surface area (Å²) in [5, 5.41) is 7.46. The Morgan fingerprint density at radius 2 is 2.19 bits per heavy atom. The molecule has 0 saturated carbocycles. The molecule has 0 aliphatic carbocycles. The highest BCUT2D eigenvalue weighted by Crippen LogP contribution is 2.18. The van der Waals surface area contributed by atoms with Crippen LogP contribution >= 0.6 is 0 Å². The predicted octanol–water partition coefficient (Wildman–Crippen LogP) is 1.48. The van der Waals surface area contributed by atoms with E-state index >= 15 is 0 Å². The van der Waals surface area contributed by atoms with E-state index in [0.717, 1.165) is 31.6 Å². The number of halogens is 1. The molecule has 1 unspecified atom stereocenters. The molecule has 21 heavy (non-hydrogen) atoms. The summed E-state index contributed by atoms with van der Waals surface area (Å²) < 4.78 is 17.1. The second-order valence-corrected chi connectivity index (χ2v) is 5.35. The molecule has 2 aromatic rings. The lowest BCUT2D eigenvalue weighted by Crippen LogP contribution is -2.31. The Morgan fingerprint density at radius 1 is 1.38 bits per heavy atom. The van der Waals surface area contributed by atoms with Gasteiger partial charge in [-0.15, -0.1) is 0 Å². The molecule has 0 fully saturated rings. The molecule has 1 N–H and O–H groups in total. The van der Waals surface area contributed by atoms with Crippen LogP contribution in [0.4, 0.5) is 4.39 Å². The summed E-state index contributed by atoms with van der Waals surface area (Å²) >= 11 is 0. The molecule has 1 aliphatic heterocycles. The average molecular weight is 290 g/mol. The second kappa shape index (κ2) is 5.81. The van der Waals surface area contributed by atoms with Gasteiger partial charge < -0.3 is 5.32 Å². The van der Waals surface area contributed by atoms with Crippen LogP contribution in [0.25, 0.3) is 0 Å². The van der Waals surface area contributed by atoms with Crippen LogP contribution in [0.15, 0.2) is 29.1 Å². The summed E-state index contributed by atoms with van der Waals surface area (Å²) in [6, 6.07) is 6.34. The van der Waals surface area contributed by atoms with Crippen LogP contribution in [0.5, 0.6) is 0 Å². The summed E-state index contributed by atoms with van der Waals surface area (Å²) in [7, 11) is 1.76. The highest BCUT2D eigenvalue weighted by Gasteiger charge is 2.20. The molecular weight excluding hydrogens is 271 g/mol. The average Bonchev–Trinajstić information content (AvgIpc) is 2.82. The summed E-state index contributed by atoms with van der Waals surface area (Å²) in [6.07, 6.45) is 2.92. The lowest BCUT2D eigenvalue weighted by atomic mass is 10.1. The molecule has 112 valence electrons. The fraction of sp³-hybridized carbons (Fsp3) is 0.467. The molecule has 1 atom stereocenters. The maximum atomic E-state index is 13.9. The normalized spacial score (nSPS) is 15.7. The number of hydrogen-bond acceptors (Lipinski definition) is 3. The number of nitrogens with one attached hydrogen (secondary N) is 1. The molecule has 0 radical (unpaired) electrons. The first-order valence-electron chi connectivity index (χ1n) is 7.29. The van der Waals surface area contributed by atoms with Gasteiger partial charge in [-0.1, -0.05) is 18.2 Å². The van der Waals surface area contributed by atoms with Crippen molar-refractivity contribution in [2.24, 2.45) is 0 Å². The molecule has 0 amide bonds. The number of rotatable bonds is 4. The largest absolute Gasteiger partial charge is 0.345 e. The van der Waals surface area contributed by atoms with Gasteiger partial charge in [-0.3, -0.25) is 4.57 Å². The molecule has 1 aliphatic rings. The third-order valence-electron chi connectivity index (χ3n) is 4.02. The van der Waals surface area contributed by atoms with E-state index in [0.29, 0.717) is 12.1 Å². The Balaban J connectivity index is 1.90. The van der Waals surface area contributed by atoms with Crippen molar-refractivity contribution in [3.63, 3.8) is 0 Å².